The largest absolute Gasteiger partial charge is 0.492 e. The van der Waals surface area contributed by atoms with E-state index in [1.165, 1.54) is 0 Å². The number of hydrogen-bond acceptors (Lipinski definition) is 3. The number of anilines is 1. The lowest BCUT2D eigenvalue weighted by Gasteiger charge is -2.16. The molecule has 3 rings (SSSR count). The summed E-state index contributed by atoms with van der Waals surface area (Å²) in [5, 5.41) is 5.81. The molecule has 1 atom stereocenters. The summed E-state index contributed by atoms with van der Waals surface area (Å²) in [5.41, 5.74) is 2.43. The molecule has 0 spiro atoms. The molecule has 0 saturated heterocycles. The van der Waals surface area contributed by atoms with Gasteiger partial charge in [-0.3, -0.25) is 9.59 Å². The van der Waals surface area contributed by atoms with Crippen LogP contribution in [-0.2, 0) is 6.42 Å². The molecule has 3 aromatic carbocycles. The molecule has 0 bridgehead atoms. The third-order valence-electron chi connectivity index (χ3n) is 5.09. The lowest BCUT2D eigenvalue weighted by molar-refractivity contribution is 0.0940. The fraction of sp³-hybridized carbons (Fsp3) is 0.231. The maximum atomic E-state index is 13.1. The summed E-state index contributed by atoms with van der Waals surface area (Å²) in [6.45, 7) is 4.39. The Balaban J connectivity index is 1.75. The quantitative estimate of drug-likeness (QED) is 0.391. The van der Waals surface area contributed by atoms with Crippen molar-refractivity contribution in [3.8, 4) is 5.75 Å². The van der Waals surface area contributed by atoms with Crippen LogP contribution in [0.5, 0.6) is 5.75 Å². The molecule has 0 heterocycles. The molecule has 2 N–H and O–H groups in total. The maximum absolute atomic E-state index is 13.1. The van der Waals surface area contributed by atoms with Crippen LogP contribution in [0.15, 0.2) is 77.3 Å². The molecule has 0 saturated carbocycles. The van der Waals surface area contributed by atoms with Gasteiger partial charge < -0.3 is 15.4 Å². The first-order valence-electron chi connectivity index (χ1n) is 10.7. The van der Waals surface area contributed by atoms with Crippen LogP contribution in [0.3, 0.4) is 0 Å². The van der Waals surface area contributed by atoms with Crippen molar-refractivity contribution in [2.75, 3.05) is 11.9 Å². The summed E-state index contributed by atoms with van der Waals surface area (Å²) in [4.78, 5) is 25.8. The first-order valence-corrected chi connectivity index (χ1v) is 11.4. The van der Waals surface area contributed by atoms with Crippen molar-refractivity contribution in [3.63, 3.8) is 0 Å². The number of carbonyl (C=O) groups is 2. The Morgan fingerprint density at radius 1 is 0.938 bits per heavy atom. The minimum Gasteiger partial charge on any atom is -0.492 e. The highest BCUT2D eigenvalue weighted by atomic mass is 79.9. The van der Waals surface area contributed by atoms with Gasteiger partial charge in [-0.05, 0) is 49.2 Å². The Kier molecular flexibility index (Phi) is 8.45. The summed E-state index contributed by atoms with van der Waals surface area (Å²) in [7, 11) is 0. The molecule has 0 aliphatic rings. The zero-order valence-electron chi connectivity index (χ0n) is 18.2. The second-order valence-corrected chi connectivity index (χ2v) is 8.42. The number of nitrogens with one attached hydrogen (secondary N) is 2. The minimum atomic E-state index is -0.343. The van der Waals surface area contributed by atoms with Crippen LogP contribution in [0.4, 0.5) is 5.69 Å². The van der Waals surface area contributed by atoms with Crippen molar-refractivity contribution in [3.05, 3.63) is 94.0 Å². The Morgan fingerprint density at radius 2 is 1.66 bits per heavy atom. The smallest absolute Gasteiger partial charge is 0.259 e. The molecule has 0 fully saturated rings. The number of amides is 2. The highest BCUT2D eigenvalue weighted by molar-refractivity contribution is 9.10. The van der Waals surface area contributed by atoms with Gasteiger partial charge >= 0.3 is 0 Å². The number of hydrogen-bond donors (Lipinski definition) is 2. The summed E-state index contributed by atoms with van der Waals surface area (Å²) in [5.74, 6) is -0.0724. The van der Waals surface area contributed by atoms with E-state index in [-0.39, 0.29) is 17.9 Å². The fourth-order valence-corrected chi connectivity index (χ4v) is 3.47. The van der Waals surface area contributed by atoms with E-state index in [9.17, 15) is 9.59 Å². The van der Waals surface area contributed by atoms with Gasteiger partial charge in [0.05, 0.1) is 23.4 Å². The lowest BCUT2D eigenvalue weighted by Crippen LogP contribution is -2.32. The van der Waals surface area contributed by atoms with E-state index in [0.29, 0.717) is 29.2 Å². The molecule has 32 heavy (non-hydrogen) atoms. The number of benzene rings is 3. The van der Waals surface area contributed by atoms with E-state index in [0.717, 1.165) is 22.9 Å². The number of ether oxygens (including phenoxy) is 1. The van der Waals surface area contributed by atoms with Crippen LogP contribution in [-0.4, -0.2) is 24.5 Å². The molecular weight excluding hydrogens is 468 g/mol. The lowest BCUT2D eigenvalue weighted by atomic mass is 10.1. The monoisotopic (exact) mass is 494 g/mol. The first-order chi connectivity index (χ1) is 15.5. The molecular formula is C26H27BrN2O3. The Morgan fingerprint density at radius 3 is 2.41 bits per heavy atom. The van der Waals surface area contributed by atoms with Crippen LogP contribution in [0.2, 0.25) is 0 Å². The molecule has 0 aliphatic carbocycles. The summed E-state index contributed by atoms with van der Waals surface area (Å²) >= 11 is 3.43. The first kappa shape index (κ1) is 23.5. The van der Waals surface area contributed by atoms with Crippen molar-refractivity contribution in [1.29, 1.82) is 0 Å². The SMILES string of the molecule is CCC(C)NC(=O)c1ccccc1NC(=O)c1cc(Br)ccc1OCCc1ccccc1. The number of halogens is 1. The Hall–Kier alpha value is -3.12. The summed E-state index contributed by atoms with van der Waals surface area (Å²) in [6.07, 6.45) is 1.55. The summed E-state index contributed by atoms with van der Waals surface area (Å²) < 4.78 is 6.70. The average molecular weight is 495 g/mol. The van der Waals surface area contributed by atoms with Crippen LogP contribution < -0.4 is 15.4 Å². The van der Waals surface area contributed by atoms with Crippen molar-refractivity contribution in [2.45, 2.75) is 32.7 Å². The van der Waals surface area contributed by atoms with Crippen molar-refractivity contribution >= 4 is 33.4 Å². The second-order valence-electron chi connectivity index (χ2n) is 7.51. The third-order valence-corrected chi connectivity index (χ3v) is 5.58. The van der Waals surface area contributed by atoms with Crippen LogP contribution in [0.25, 0.3) is 0 Å². The maximum Gasteiger partial charge on any atom is 0.259 e. The van der Waals surface area contributed by atoms with Gasteiger partial charge in [0, 0.05) is 16.9 Å². The van der Waals surface area contributed by atoms with Crippen molar-refractivity contribution in [2.24, 2.45) is 0 Å². The van der Waals surface area contributed by atoms with E-state index in [1.807, 2.05) is 50.2 Å². The molecule has 0 radical (unpaired) electrons. The predicted molar refractivity (Wildman–Crippen MR) is 131 cm³/mol. The van der Waals surface area contributed by atoms with E-state index in [1.54, 1.807) is 36.4 Å². The van der Waals surface area contributed by atoms with E-state index < -0.39 is 0 Å². The van der Waals surface area contributed by atoms with Gasteiger partial charge in [-0.15, -0.1) is 0 Å². The third kappa shape index (κ3) is 6.44. The molecule has 2 amide bonds. The van der Waals surface area contributed by atoms with Crippen molar-refractivity contribution in [1.82, 2.24) is 5.32 Å². The summed E-state index contributed by atoms with van der Waals surface area (Å²) in [6, 6.07) is 22.4. The number of carbonyl (C=O) groups excluding carboxylic acids is 2. The second kappa shape index (κ2) is 11.5. The molecule has 166 valence electrons. The molecule has 0 aromatic heterocycles. The van der Waals surface area contributed by atoms with Crippen LogP contribution in [0.1, 0.15) is 46.5 Å². The fourth-order valence-electron chi connectivity index (χ4n) is 3.11. The molecule has 0 aliphatic heterocycles. The van der Waals surface area contributed by atoms with Crippen LogP contribution >= 0.6 is 15.9 Å². The standard InChI is InChI=1S/C26H27BrN2O3/c1-3-18(2)28-25(30)21-11-7-8-12-23(21)29-26(31)22-17-20(27)13-14-24(22)32-16-15-19-9-5-4-6-10-19/h4-14,17-18H,3,15-16H2,1-2H3,(H,28,30)(H,29,31). The zero-order valence-corrected chi connectivity index (χ0v) is 19.8. The predicted octanol–water partition coefficient (Wildman–Crippen LogP) is 5.85. The van der Waals surface area contributed by atoms with E-state index in [2.05, 4.69) is 26.6 Å². The van der Waals surface area contributed by atoms with Gasteiger partial charge in [-0.1, -0.05) is 65.3 Å². The van der Waals surface area contributed by atoms with Gasteiger partial charge in [0.25, 0.3) is 11.8 Å². The minimum absolute atomic E-state index is 0.0425. The van der Waals surface area contributed by atoms with Gasteiger partial charge in [0.2, 0.25) is 0 Å². The van der Waals surface area contributed by atoms with Gasteiger partial charge in [0.15, 0.2) is 0 Å². The van der Waals surface area contributed by atoms with Crippen LogP contribution in [0, 0.1) is 0 Å². The van der Waals surface area contributed by atoms with E-state index >= 15 is 0 Å². The Labute approximate surface area is 197 Å². The van der Waals surface area contributed by atoms with Gasteiger partial charge in [-0.25, -0.2) is 0 Å². The Bertz CT molecular complexity index is 1070. The normalized spacial score (nSPS) is 11.5. The average Bonchev–Trinajstić information content (AvgIpc) is 2.80. The highest BCUT2D eigenvalue weighted by Gasteiger charge is 2.18. The molecule has 6 heteroatoms. The number of rotatable bonds is 9. The van der Waals surface area contributed by atoms with Gasteiger partial charge in [-0.2, -0.15) is 0 Å². The molecule has 1 unspecified atom stereocenters. The zero-order chi connectivity index (χ0) is 22.9. The number of para-hydroxylation sites is 1. The van der Waals surface area contributed by atoms with Gasteiger partial charge in [0.1, 0.15) is 5.75 Å². The van der Waals surface area contributed by atoms with Crippen molar-refractivity contribution < 1.29 is 14.3 Å². The molecule has 5 nitrogen and oxygen atoms in total. The van der Waals surface area contributed by atoms with E-state index in [4.69, 9.17) is 4.74 Å². The topological polar surface area (TPSA) is 67.4 Å². The molecule has 3 aromatic rings. The highest BCUT2D eigenvalue weighted by Crippen LogP contribution is 2.25.